The van der Waals surface area contributed by atoms with Gasteiger partial charge in [0.15, 0.2) is 0 Å². The maximum absolute atomic E-state index is 13.2. The van der Waals surface area contributed by atoms with Crippen LogP contribution in [0.3, 0.4) is 0 Å². The van der Waals surface area contributed by atoms with Crippen LogP contribution in [-0.4, -0.2) is 27.6 Å². The predicted molar refractivity (Wildman–Crippen MR) is 98.5 cm³/mol. The lowest BCUT2D eigenvalue weighted by Gasteiger charge is -2.26. The molecule has 3 aromatic rings. The minimum absolute atomic E-state index is 0.164. The summed E-state index contributed by atoms with van der Waals surface area (Å²) in [4.78, 5) is 4.53. The van der Waals surface area contributed by atoms with Gasteiger partial charge in [-0.2, -0.15) is 18.3 Å². The van der Waals surface area contributed by atoms with E-state index < -0.39 is 11.9 Å². The number of aromatic nitrogens is 3. The first-order valence-corrected chi connectivity index (χ1v) is 8.66. The summed E-state index contributed by atoms with van der Waals surface area (Å²) in [6.07, 6.45) is -0.0561. The van der Waals surface area contributed by atoms with Crippen LogP contribution < -0.4 is 5.73 Å². The number of halogens is 3. The van der Waals surface area contributed by atoms with Gasteiger partial charge in [-0.05, 0) is 48.4 Å². The Morgan fingerprint density at radius 3 is 2.81 bits per heavy atom. The standard InChI is InChI=1S/C19H18F3N5/c1-9-2-3-10-11(6-9)17(12(7-23)18(24)19(20,21)22)26-15-5-4-14-13(16(10)15)8-25-27-14/h4-5,7-9,23H,2-3,6,24H2,1H3,(H,25,27). The highest BCUT2D eigenvalue weighted by Crippen LogP contribution is 2.39. The molecule has 0 aliphatic heterocycles. The molecule has 4 rings (SSSR count). The molecule has 0 spiro atoms. The molecule has 2 aromatic heterocycles. The number of aryl methyl sites for hydroxylation is 1. The van der Waals surface area contributed by atoms with Crippen molar-refractivity contribution in [1.82, 2.24) is 15.2 Å². The van der Waals surface area contributed by atoms with Crippen LogP contribution in [0.2, 0.25) is 0 Å². The van der Waals surface area contributed by atoms with Gasteiger partial charge in [0.25, 0.3) is 0 Å². The van der Waals surface area contributed by atoms with Gasteiger partial charge in [-0.25, -0.2) is 4.98 Å². The Kier molecular flexibility index (Phi) is 3.94. The smallest absolute Gasteiger partial charge is 0.394 e. The first kappa shape index (κ1) is 17.5. The van der Waals surface area contributed by atoms with Crippen LogP contribution in [0.15, 0.2) is 24.0 Å². The molecule has 1 aliphatic rings. The Bertz CT molecular complexity index is 1090. The monoisotopic (exact) mass is 373 g/mol. The van der Waals surface area contributed by atoms with E-state index in [0.29, 0.717) is 24.1 Å². The van der Waals surface area contributed by atoms with E-state index in [4.69, 9.17) is 11.1 Å². The van der Waals surface area contributed by atoms with E-state index in [-0.39, 0.29) is 11.3 Å². The van der Waals surface area contributed by atoms with Crippen LogP contribution in [0, 0.1) is 11.3 Å². The van der Waals surface area contributed by atoms with Crippen LogP contribution in [0.5, 0.6) is 0 Å². The number of H-pyrrole nitrogens is 1. The van der Waals surface area contributed by atoms with Gasteiger partial charge in [0, 0.05) is 22.6 Å². The maximum Gasteiger partial charge on any atom is 0.431 e. The summed E-state index contributed by atoms with van der Waals surface area (Å²) < 4.78 is 39.7. The van der Waals surface area contributed by atoms with E-state index in [1.807, 2.05) is 0 Å². The fourth-order valence-corrected chi connectivity index (χ4v) is 3.88. The van der Waals surface area contributed by atoms with Crippen LogP contribution in [0.1, 0.15) is 30.2 Å². The minimum Gasteiger partial charge on any atom is -0.394 e. The molecule has 0 saturated heterocycles. The molecule has 1 aliphatic carbocycles. The number of nitrogens with zero attached hydrogens (tertiary/aromatic N) is 2. The summed E-state index contributed by atoms with van der Waals surface area (Å²) >= 11 is 0. The number of aromatic amines is 1. The Balaban J connectivity index is 2.12. The van der Waals surface area contributed by atoms with Crippen molar-refractivity contribution in [3.05, 3.63) is 40.8 Å². The summed E-state index contributed by atoms with van der Waals surface area (Å²) in [5, 5.41) is 16.4. The molecule has 4 N–H and O–H groups in total. The fourth-order valence-electron chi connectivity index (χ4n) is 3.88. The number of benzene rings is 1. The van der Waals surface area contributed by atoms with Crippen molar-refractivity contribution in [2.75, 3.05) is 0 Å². The number of hydrogen-bond donors (Lipinski definition) is 3. The molecule has 8 heteroatoms. The third kappa shape index (κ3) is 2.75. The van der Waals surface area contributed by atoms with E-state index in [2.05, 4.69) is 22.1 Å². The lowest BCUT2D eigenvalue weighted by molar-refractivity contribution is -0.0919. The normalized spacial score (nSPS) is 18.4. The minimum atomic E-state index is -4.72. The van der Waals surface area contributed by atoms with Crippen LogP contribution in [0.25, 0.3) is 27.4 Å². The summed E-state index contributed by atoms with van der Waals surface area (Å²) in [5.41, 5.74) is 7.05. The van der Waals surface area contributed by atoms with Gasteiger partial charge in [-0.1, -0.05) is 6.92 Å². The van der Waals surface area contributed by atoms with Crippen molar-refractivity contribution in [1.29, 1.82) is 5.41 Å². The summed E-state index contributed by atoms with van der Waals surface area (Å²) in [7, 11) is 0. The van der Waals surface area contributed by atoms with Gasteiger partial charge in [0.1, 0.15) is 5.70 Å². The molecule has 1 aromatic carbocycles. The number of rotatable bonds is 2. The topological polar surface area (TPSA) is 91.4 Å². The second kappa shape index (κ2) is 6.07. The molecule has 0 fully saturated rings. The second-order valence-corrected chi connectivity index (χ2v) is 7.03. The average Bonchev–Trinajstić information content (AvgIpc) is 3.10. The lowest BCUT2D eigenvalue weighted by Crippen LogP contribution is -2.23. The highest BCUT2D eigenvalue weighted by molar-refractivity contribution is 6.12. The summed E-state index contributed by atoms with van der Waals surface area (Å²) in [6, 6.07) is 3.57. The van der Waals surface area contributed by atoms with Crippen LogP contribution in [-0.2, 0) is 12.8 Å². The van der Waals surface area contributed by atoms with Crippen molar-refractivity contribution in [3.63, 3.8) is 0 Å². The molecule has 5 nitrogen and oxygen atoms in total. The first-order valence-electron chi connectivity index (χ1n) is 8.66. The summed E-state index contributed by atoms with van der Waals surface area (Å²) in [5.74, 6) is 0.318. The number of pyridine rings is 1. The maximum atomic E-state index is 13.2. The number of hydrogen-bond acceptors (Lipinski definition) is 4. The van der Waals surface area contributed by atoms with E-state index in [9.17, 15) is 13.2 Å². The molecule has 0 bridgehead atoms. The van der Waals surface area contributed by atoms with E-state index in [1.54, 1.807) is 18.3 Å². The SMILES string of the molecule is CC1CCc2c(c(C(C=N)=C(N)C(F)(F)F)nc3ccc4[nH]ncc4c23)C1. The van der Waals surface area contributed by atoms with Crippen molar-refractivity contribution in [2.45, 2.75) is 32.4 Å². The largest absolute Gasteiger partial charge is 0.431 e. The number of allylic oxidation sites excluding steroid dienone is 2. The van der Waals surface area contributed by atoms with Crippen LogP contribution >= 0.6 is 0 Å². The van der Waals surface area contributed by atoms with Gasteiger partial charge in [-0.3, -0.25) is 5.10 Å². The zero-order chi connectivity index (χ0) is 19.3. The Labute approximate surface area is 153 Å². The van der Waals surface area contributed by atoms with Gasteiger partial charge in [0.05, 0.1) is 22.9 Å². The highest BCUT2D eigenvalue weighted by atomic mass is 19.4. The number of nitrogens with two attached hydrogens (primary N) is 1. The zero-order valence-corrected chi connectivity index (χ0v) is 14.6. The van der Waals surface area contributed by atoms with Crippen molar-refractivity contribution < 1.29 is 13.2 Å². The molecule has 2 heterocycles. The third-order valence-corrected chi connectivity index (χ3v) is 5.22. The lowest BCUT2D eigenvalue weighted by atomic mass is 9.80. The molecule has 0 radical (unpaired) electrons. The van der Waals surface area contributed by atoms with Crippen molar-refractivity contribution >= 4 is 33.6 Å². The third-order valence-electron chi connectivity index (χ3n) is 5.22. The van der Waals surface area contributed by atoms with E-state index in [0.717, 1.165) is 40.3 Å². The van der Waals surface area contributed by atoms with Crippen molar-refractivity contribution in [2.24, 2.45) is 11.7 Å². The molecule has 27 heavy (non-hydrogen) atoms. The van der Waals surface area contributed by atoms with Crippen molar-refractivity contribution in [3.8, 4) is 0 Å². The zero-order valence-electron chi connectivity index (χ0n) is 14.6. The Morgan fingerprint density at radius 2 is 2.11 bits per heavy atom. The Morgan fingerprint density at radius 1 is 1.33 bits per heavy atom. The van der Waals surface area contributed by atoms with Gasteiger partial charge in [-0.15, -0.1) is 0 Å². The summed E-state index contributed by atoms with van der Waals surface area (Å²) in [6.45, 7) is 2.07. The molecular weight excluding hydrogens is 355 g/mol. The Hall–Kier alpha value is -2.90. The number of fused-ring (bicyclic) bond motifs is 5. The molecule has 140 valence electrons. The van der Waals surface area contributed by atoms with Crippen LogP contribution in [0.4, 0.5) is 13.2 Å². The quantitative estimate of drug-likeness (QED) is 0.590. The van der Waals surface area contributed by atoms with E-state index >= 15 is 0 Å². The molecule has 1 unspecified atom stereocenters. The molecule has 1 atom stereocenters. The van der Waals surface area contributed by atoms with Gasteiger partial charge in [0.2, 0.25) is 0 Å². The fraction of sp³-hybridized carbons (Fsp3) is 0.316. The second-order valence-electron chi connectivity index (χ2n) is 7.03. The van der Waals surface area contributed by atoms with E-state index in [1.165, 1.54) is 0 Å². The highest BCUT2D eigenvalue weighted by Gasteiger charge is 2.36. The average molecular weight is 373 g/mol. The molecule has 0 amide bonds. The molecule has 0 saturated carbocycles. The predicted octanol–water partition coefficient (Wildman–Crippen LogP) is 4.12. The first-order chi connectivity index (χ1) is 12.8. The number of nitrogens with one attached hydrogen (secondary N) is 2. The number of alkyl halides is 3. The molecular formula is C19H18F3N5. The van der Waals surface area contributed by atoms with Gasteiger partial charge >= 0.3 is 6.18 Å². The van der Waals surface area contributed by atoms with Gasteiger partial charge < -0.3 is 11.1 Å².